The molecule has 0 aromatic heterocycles. The van der Waals surface area contributed by atoms with E-state index in [-0.39, 0.29) is 18.0 Å². The largest absolute Gasteiger partial charge is 0.299 e. The summed E-state index contributed by atoms with van der Waals surface area (Å²) >= 11 is 0. The Morgan fingerprint density at radius 1 is 1.18 bits per heavy atom. The van der Waals surface area contributed by atoms with Crippen molar-refractivity contribution >= 4 is 11.6 Å². The van der Waals surface area contributed by atoms with Crippen LogP contribution in [-0.4, -0.2) is 11.6 Å². The fourth-order valence-electron chi connectivity index (χ4n) is 1.71. The van der Waals surface area contributed by atoms with Crippen LogP contribution in [0.25, 0.3) is 0 Å². The van der Waals surface area contributed by atoms with Gasteiger partial charge in [-0.1, -0.05) is 38.5 Å². The molecule has 0 radical (unpaired) electrons. The summed E-state index contributed by atoms with van der Waals surface area (Å²) in [6.45, 7) is 4.09. The molecule has 92 valence electrons. The lowest BCUT2D eigenvalue weighted by Gasteiger charge is -2.03. The second-order valence-corrected chi connectivity index (χ2v) is 4.30. The fraction of sp³-hybridized carbons (Fsp3) is 0.467. The molecule has 0 aliphatic rings. The first-order valence-corrected chi connectivity index (χ1v) is 6.31. The van der Waals surface area contributed by atoms with E-state index in [1.165, 1.54) is 0 Å². The van der Waals surface area contributed by atoms with Crippen molar-refractivity contribution in [3.63, 3.8) is 0 Å². The molecular weight excluding hydrogens is 212 g/mol. The number of hydrogen-bond acceptors (Lipinski definition) is 2. The Labute approximate surface area is 103 Å². The highest BCUT2D eigenvalue weighted by Crippen LogP contribution is 2.10. The van der Waals surface area contributed by atoms with Crippen LogP contribution in [0.1, 0.15) is 55.5 Å². The summed E-state index contributed by atoms with van der Waals surface area (Å²) in [4.78, 5) is 23.4. The lowest BCUT2D eigenvalue weighted by molar-refractivity contribution is -0.118. The average Bonchev–Trinajstić information content (AvgIpc) is 2.36. The highest BCUT2D eigenvalue weighted by atomic mass is 16.1. The molecule has 1 rings (SSSR count). The lowest BCUT2D eigenvalue weighted by Crippen LogP contribution is -2.08. The predicted octanol–water partition coefficient (Wildman–Crippen LogP) is 3.58. The first-order chi connectivity index (χ1) is 8.17. The number of aryl methyl sites for hydroxylation is 1. The molecule has 1 aromatic rings. The molecule has 0 atom stereocenters. The zero-order valence-corrected chi connectivity index (χ0v) is 10.7. The predicted molar refractivity (Wildman–Crippen MR) is 69.3 cm³/mol. The first-order valence-electron chi connectivity index (χ1n) is 6.31. The molecule has 0 heterocycles. The number of carbonyl (C=O) groups is 2. The molecule has 0 aliphatic heterocycles. The molecule has 2 nitrogen and oxygen atoms in total. The number of ketones is 2. The van der Waals surface area contributed by atoms with Crippen molar-refractivity contribution in [2.75, 3.05) is 0 Å². The topological polar surface area (TPSA) is 34.1 Å². The Morgan fingerprint density at radius 3 is 2.59 bits per heavy atom. The quantitative estimate of drug-likeness (QED) is 0.532. The summed E-state index contributed by atoms with van der Waals surface area (Å²) in [5, 5.41) is 0. The fourth-order valence-corrected chi connectivity index (χ4v) is 1.71. The van der Waals surface area contributed by atoms with Gasteiger partial charge in [-0.05, 0) is 24.5 Å². The maximum Gasteiger partial charge on any atom is 0.170 e. The summed E-state index contributed by atoms with van der Waals surface area (Å²) in [5.41, 5.74) is 1.80. The Kier molecular flexibility index (Phi) is 5.61. The second-order valence-electron chi connectivity index (χ2n) is 4.30. The van der Waals surface area contributed by atoms with E-state index < -0.39 is 0 Å². The van der Waals surface area contributed by atoms with E-state index >= 15 is 0 Å². The molecule has 0 fully saturated rings. The Balaban J connectivity index is 2.60. The van der Waals surface area contributed by atoms with E-state index in [1.807, 2.05) is 25.1 Å². The molecule has 17 heavy (non-hydrogen) atoms. The van der Waals surface area contributed by atoms with Gasteiger partial charge < -0.3 is 0 Å². The van der Waals surface area contributed by atoms with Gasteiger partial charge in [0.2, 0.25) is 0 Å². The summed E-state index contributed by atoms with van der Waals surface area (Å²) in [6, 6.07) is 7.54. The number of carbonyl (C=O) groups excluding carboxylic acids is 2. The van der Waals surface area contributed by atoms with E-state index in [9.17, 15) is 9.59 Å². The summed E-state index contributed by atoms with van der Waals surface area (Å²) in [5.74, 6) is 0.000143. The number of unbranched alkanes of at least 4 members (excludes halogenated alkanes) is 1. The lowest BCUT2D eigenvalue weighted by atomic mass is 10.0. The van der Waals surface area contributed by atoms with Gasteiger partial charge in [-0.25, -0.2) is 0 Å². The zero-order chi connectivity index (χ0) is 12.7. The third-order valence-electron chi connectivity index (χ3n) is 2.82. The van der Waals surface area contributed by atoms with Gasteiger partial charge in [0, 0.05) is 12.0 Å². The minimum Gasteiger partial charge on any atom is -0.299 e. The van der Waals surface area contributed by atoms with Gasteiger partial charge in [0.1, 0.15) is 5.78 Å². The van der Waals surface area contributed by atoms with Gasteiger partial charge in [0.05, 0.1) is 6.42 Å². The number of hydrogen-bond donors (Lipinski definition) is 0. The third-order valence-corrected chi connectivity index (χ3v) is 2.82. The van der Waals surface area contributed by atoms with Gasteiger partial charge in [0.25, 0.3) is 0 Å². The van der Waals surface area contributed by atoms with Crippen LogP contribution in [0.4, 0.5) is 0 Å². The highest BCUT2D eigenvalue weighted by Gasteiger charge is 2.11. The molecule has 2 heteroatoms. The van der Waals surface area contributed by atoms with Crippen molar-refractivity contribution in [1.82, 2.24) is 0 Å². The van der Waals surface area contributed by atoms with Crippen molar-refractivity contribution in [2.24, 2.45) is 0 Å². The van der Waals surface area contributed by atoms with Gasteiger partial charge >= 0.3 is 0 Å². The van der Waals surface area contributed by atoms with E-state index in [0.29, 0.717) is 12.0 Å². The SMILES string of the molecule is CCCCC(=O)CC(=O)c1cccc(CC)c1. The number of rotatable bonds is 7. The van der Waals surface area contributed by atoms with Crippen molar-refractivity contribution in [1.29, 1.82) is 0 Å². The van der Waals surface area contributed by atoms with Gasteiger partial charge in [-0.2, -0.15) is 0 Å². The van der Waals surface area contributed by atoms with Crippen LogP contribution in [0.15, 0.2) is 24.3 Å². The van der Waals surface area contributed by atoms with Crippen molar-refractivity contribution in [3.8, 4) is 0 Å². The minimum atomic E-state index is -0.0543. The van der Waals surface area contributed by atoms with Crippen molar-refractivity contribution in [2.45, 2.75) is 46.0 Å². The monoisotopic (exact) mass is 232 g/mol. The molecule has 0 saturated carbocycles. The van der Waals surface area contributed by atoms with E-state index in [0.717, 1.165) is 24.8 Å². The molecule has 0 bridgehead atoms. The van der Waals surface area contributed by atoms with Crippen LogP contribution in [0.3, 0.4) is 0 Å². The van der Waals surface area contributed by atoms with Crippen molar-refractivity contribution in [3.05, 3.63) is 35.4 Å². The summed E-state index contributed by atoms with van der Waals surface area (Å²) in [7, 11) is 0. The Bertz CT molecular complexity index is 394. The van der Waals surface area contributed by atoms with E-state index in [4.69, 9.17) is 0 Å². The maximum atomic E-state index is 11.9. The average molecular weight is 232 g/mol. The first kappa shape index (κ1) is 13.6. The summed E-state index contributed by atoms with van der Waals surface area (Å²) < 4.78 is 0. The van der Waals surface area contributed by atoms with Crippen LogP contribution in [0.2, 0.25) is 0 Å². The van der Waals surface area contributed by atoms with E-state index in [2.05, 4.69) is 6.92 Å². The normalized spacial score (nSPS) is 10.2. The zero-order valence-electron chi connectivity index (χ0n) is 10.7. The molecule has 1 aromatic carbocycles. The van der Waals surface area contributed by atoms with Gasteiger partial charge in [-0.15, -0.1) is 0 Å². The Morgan fingerprint density at radius 2 is 1.94 bits per heavy atom. The molecule has 0 spiro atoms. The van der Waals surface area contributed by atoms with Crippen LogP contribution in [0.5, 0.6) is 0 Å². The Hall–Kier alpha value is -1.44. The molecule has 0 amide bonds. The van der Waals surface area contributed by atoms with Gasteiger partial charge in [0.15, 0.2) is 5.78 Å². The van der Waals surface area contributed by atoms with Crippen LogP contribution >= 0.6 is 0 Å². The van der Waals surface area contributed by atoms with Gasteiger partial charge in [-0.3, -0.25) is 9.59 Å². The second kappa shape index (κ2) is 7.00. The van der Waals surface area contributed by atoms with Crippen LogP contribution < -0.4 is 0 Å². The van der Waals surface area contributed by atoms with Crippen LogP contribution in [-0.2, 0) is 11.2 Å². The summed E-state index contributed by atoms with van der Waals surface area (Å²) in [6.07, 6.45) is 3.35. The highest BCUT2D eigenvalue weighted by molar-refractivity contribution is 6.07. The molecule has 0 aliphatic carbocycles. The van der Waals surface area contributed by atoms with Crippen LogP contribution in [0, 0.1) is 0 Å². The maximum absolute atomic E-state index is 11.9. The number of Topliss-reactive ketones (excluding diaryl/α,β-unsaturated/α-hetero) is 2. The molecule has 0 N–H and O–H groups in total. The molecular formula is C15H20O2. The molecule has 0 unspecified atom stereocenters. The standard InChI is InChI=1S/C15H20O2/c1-3-5-9-14(16)11-15(17)13-8-6-7-12(4-2)10-13/h6-8,10H,3-5,9,11H2,1-2H3. The molecule has 0 saturated heterocycles. The third kappa shape index (κ3) is 4.51. The van der Waals surface area contributed by atoms with E-state index in [1.54, 1.807) is 6.07 Å². The minimum absolute atomic E-state index is 0.0488. The smallest absolute Gasteiger partial charge is 0.170 e. The number of benzene rings is 1. The van der Waals surface area contributed by atoms with Crippen molar-refractivity contribution < 1.29 is 9.59 Å².